The molecule has 0 aliphatic carbocycles. The van der Waals surface area contributed by atoms with Crippen molar-refractivity contribution in [1.82, 2.24) is 29.2 Å². The first kappa shape index (κ1) is 14.7. The maximum Gasteiger partial charge on any atom is 0.293 e. The van der Waals surface area contributed by atoms with Gasteiger partial charge in [0.05, 0.1) is 11.9 Å². The smallest absolute Gasteiger partial charge is 0.293 e. The number of rotatable bonds is 2. The van der Waals surface area contributed by atoms with Crippen LogP contribution in [-0.2, 0) is 5.54 Å². The molecule has 3 heterocycles. The predicted octanol–water partition coefficient (Wildman–Crippen LogP) is 1.71. The van der Waals surface area contributed by atoms with Crippen molar-refractivity contribution in [2.45, 2.75) is 45.2 Å². The zero-order valence-electron chi connectivity index (χ0n) is 13.3. The lowest BCUT2D eigenvalue weighted by Gasteiger charge is -2.31. The number of aromatic nitrogens is 5. The average molecular weight is 302 g/mol. The van der Waals surface area contributed by atoms with E-state index in [-0.39, 0.29) is 17.3 Å². The van der Waals surface area contributed by atoms with Crippen molar-refractivity contribution in [2.24, 2.45) is 0 Å². The van der Waals surface area contributed by atoms with E-state index in [1.165, 1.54) is 0 Å². The lowest BCUT2D eigenvalue weighted by atomic mass is 10.0. The molecule has 0 saturated carbocycles. The number of piperidine rings is 1. The van der Waals surface area contributed by atoms with Crippen molar-refractivity contribution in [3.63, 3.8) is 0 Å². The van der Waals surface area contributed by atoms with E-state index in [2.05, 4.69) is 19.6 Å². The van der Waals surface area contributed by atoms with Gasteiger partial charge in [-0.25, -0.2) is 14.6 Å². The van der Waals surface area contributed by atoms with Crippen molar-refractivity contribution < 1.29 is 4.79 Å². The summed E-state index contributed by atoms with van der Waals surface area (Å²) >= 11 is 0. The molecular weight excluding hydrogens is 280 g/mol. The van der Waals surface area contributed by atoms with E-state index in [1.807, 2.05) is 38.2 Å². The van der Waals surface area contributed by atoms with Crippen molar-refractivity contribution in [3.05, 3.63) is 30.9 Å². The summed E-state index contributed by atoms with van der Waals surface area (Å²) in [6.45, 7) is 7.56. The molecule has 0 aromatic carbocycles. The molecule has 1 amide bonds. The molecule has 0 atom stereocenters. The van der Waals surface area contributed by atoms with Crippen LogP contribution in [0.2, 0.25) is 0 Å². The van der Waals surface area contributed by atoms with Crippen LogP contribution in [0.3, 0.4) is 0 Å². The largest absolute Gasteiger partial charge is 0.336 e. The van der Waals surface area contributed by atoms with Gasteiger partial charge >= 0.3 is 0 Å². The number of nitrogens with zero attached hydrogens (tertiary/aromatic N) is 6. The Hall–Kier alpha value is -2.18. The molecule has 1 fully saturated rings. The van der Waals surface area contributed by atoms with E-state index in [0.29, 0.717) is 6.04 Å². The van der Waals surface area contributed by atoms with E-state index in [4.69, 9.17) is 0 Å². The van der Waals surface area contributed by atoms with Gasteiger partial charge in [-0.2, -0.15) is 0 Å². The molecule has 1 aliphatic heterocycles. The third-order valence-corrected chi connectivity index (χ3v) is 4.07. The van der Waals surface area contributed by atoms with Gasteiger partial charge < -0.3 is 9.47 Å². The van der Waals surface area contributed by atoms with E-state index >= 15 is 0 Å². The van der Waals surface area contributed by atoms with Crippen LogP contribution in [-0.4, -0.2) is 48.2 Å². The molecule has 0 unspecified atom stereocenters. The first-order chi connectivity index (χ1) is 10.4. The lowest BCUT2D eigenvalue weighted by Crippen LogP contribution is -2.39. The second-order valence-electron chi connectivity index (χ2n) is 6.72. The second-order valence-corrected chi connectivity index (χ2v) is 6.72. The van der Waals surface area contributed by atoms with Gasteiger partial charge in [0.1, 0.15) is 6.33 Å². The van der Waals surface area contributed by atoms with Gasteiger partial charge in [0.25, 0.3) is 5.91 Å². The highest BCUT2D eigenvalue weighted by Crippen LogP contribution is 2.23. The number of amides is 1. The van der Waals surface area contributed by atoms with Gasteiger partial charge in [0.2, 0.25) is 5.82 Å². The Kier molecular flexibility index (Phi) is 3.72. The Labute approximate surface area is 130 Å². The molecule has 118 valence electrons. The van der Waals surface area contributed by atoms with Crippen molar-refractivity contribution in [2.75, 3.05) is 13.1 Å². The molecule has 1 saturated heterocycles. The average Bonchev–Trinajstić information content (AvgIpc) is 3.17. The van der Waals surface area contributed by atoms with E-state index < -0.39 is 0 Å². The van der Waals surface area contributed by atoms with Crippen LogP contribution in [0.25, 0.3) is 0 Å². The molecule has 22 heavy (non-hydrogen) atoms. The molecule has 0 N–H and O–H groups in total. The SMILES string of the molecule is CC(C)(C)n1cnc(C(=O)N2CCC(n3ccnc3)CC2)n1. The number of hydrogen-bond donors (Lipinski definition) is 0. The summed E-state index contributed by atoms with van der Waals surface area (Å²) in [6, 6.07) is 0.423. The fraction of sp³-hybridized carbons (Fsp3) is 0.600. The van der Waals surface area contributed by atoms with Crippen molar-refractivity contribution in [1.29, 1.82) is 0 Å². The van der Waals surface area contributed by atoms with Crippen molar-refractivity contribution in [3.8, 4) is 0 Å². The fourth-order valence-corrected chi connectivity index (χ4v) is 2.68. The molecule has 3 rings (SSSR count). The van der Waals surface area contributed by atoms with E-state index in [9.17, 15) is 4.79 Å². The minimum atomic E-state index is -0.167. The minimum absolute atomic E-state index is 0.0768. The molecule has 2 aromatic heterocycles. The Morgan fingerprint density at radius 3 is 2.50 bits per heavy atom. The van der Waals surface area contributed by atoms with Gasteiger partial charge in [0.15, 0.2) is 0 Å². The van der Waals surface area contributed by atoms with Gasteiger partial charge in [-0.15, -0.1) is 5.10 Å². The highest BCUT2D eigenvalue weighted by Gasteiger charge is 2.27. The summed E-state index contributed by atoms with van der Waals surface area (Å²) < 4.78 is 3.85. The van der Waals surface area contributed by atoms with Crippen LogP contribution in [0.5, 0.6) is 0 Å². The van der Waals surface area contributed by atoms with Crippen LogP contribution in [0.4, 0.5) is 0 Å². The van der Waals surface area contributed by atoms with E-state index in [1.54, 1.807) is 17.2 Å². The van der Waals surface area contributed by atoms with Gasteiger partial charge in [-0.05, 0) is 33.6 Å². The van der Waals surface area contributed by atoms with Crippen LogP contribution in [0.15, 0.2) is 25.0 Å². The monoisotopic (exact) mass is 302 g/mol. The second kappa shape index (κ2) is 5.55. The molecule has 1 aliphatic rings. The number of carbonyl (C=O) groups is 1. The third kappa shape index (κ3) is 2.88. The zero-order valence-corrected chi connectivity index (χ0v) is 13.3. The number of hydrogen-bond acceptors (Lipinski definition) is 4. The number of carbonyl (C=O) groups excluding carboxylic acids is 1. The lowest BCUT2D eigenvalue weighted by molar-refractivity contribution is 0.0681. The Morgan fingerprint density at radius 1 is 1.23 bits per heavy atom. The normalized spacial score (nSPS) is 17.0. The van der Waals surface area contributed by atoms with Gasteiger partial charge in [-0.3, -0.25) is 4.79 Å². The maximum absolute atomic E-state index is 12.5. The van der Waals surface area contributed by atoms with Crippen LogP contribution in [0, 0.1) is 0 Å². The predicted molar refractivity (Wildman–Crippen MR) is 81.4 cm³/mol. The number of likely N-dealkylation sites (tertiary alicyclic amines) is 1. The highest BCUT2D eigenvalue weighted by molar-refractivity contribution is 5.90. The van der Waals surface area contributed by atoms with Crippen LogP contribution >= 0.6 is 0 Å². The topological polar surface area (TPSA) is 68.8 Å². The third-order valence-electron chi connectivity index (χ3n) is 4.07. The minimum Gasteiger partial charge on any atom is -0.336 e. The molecule has 0 spiro atoms. The molecule has 0 radical (unpaired) electrons. The summed E-state index contributed by atoms with van der Waals surface area (Å²) in [5, 5.41) is 4.32. The number of imidazole rings is 1. The molecule has 2 aromatic rings. The quantitative estimate of drug-likeness (QED) is 0.847. The van der Waals surface area contributed by atoms with Crippen molar-refractivity contribution >= 4 is 5.91 Å². The van der Waals surface area contributed by atoms with Crippen LogP contribution < -0.4 is 0 Å². The van der Waals surface area contributed by atoms with Gasteiger partial charge in [-0.1, -0.05) is 0 Å². The summed E-state index contributed by atoms with van der Waals surface area (Å²) in [6.07, 6.45) is 9.11. The molecule has 7 heteroatoms. The summed E-state index contributed by atoms with van der Waals surface area (Å²) in [4.78, 5) is 22.6. The summed E-state index contributed by atoms with van der Waals surface area (Å²) in [5.74, 6) is 0.211. The first-order valence-electron chi connectivity index (χ1n) is 7.64. The maximum atomic E-state index is 12.5. The highest BCUT2D eigenvalue weighted by atomic mass is 16.2. The molecule has 7 nitrogen and oxygen atoms in total. The summed E-state index contributed by atoms with van der Waals surface area (Å²) in [5.41, 5.74) is -0.167. The fourth-order valence-electron chi connectivity index (χ4n) is 2.68. The Morgan fingerprint density at radius 2 is 1.95 bits per heavy atom. The van der Waals surface area contributed by atoms with Crippen LogP contribution in [0.1, 0.15) is 50.3 Å². The molecule has 0 bridgehead atoms. The standard InChI is InChI=1S/C15H22N6O/c1-15(2,3)21-11-17-13(18-21)14(22)19-7-4-12(5-8-19)20-9-6-16-10-20/h6,9-12H,4-5,7-8H2,1-3H3. The van der Waals surface area contributed by atoms with E-state index in [0.717, 1.165) is 25.9 Å². The zero-order chi connectivity index (χ0) is 15.7. The Balaban J connectivity index is 1.63. The molecular formula is C15H22N6O. The first-order valence-corrected chi connectivity index (χ1v) is 7.64. The van der Waals surface area contributed by atoms with Gasteiger partial charge in [0, 0.05) is 31.5 Å². The summed E-state index contributed by atoms with van der Waals surface area (Å²) in [7, 11) is 0. The Bertz CT molecular complexity index is 631.